The van der Waals surface area contributed by atoms with Crippen LogP contribution >= 0.6 is 15.9 Å². The molecule has 6 heteroatoms. The number of nitrogens with zero attached hydrogens (tertiary/aromatic N) is 2. The Balaban J connectivity index is 2.38. The Labute approximate surface area is 110 Å². The molecule has 0 spiro atoms. The van der Waals surface area contributed by atoms with Gasteiger partial charge in [-0.15, -0.1) is 0 Å². The maximum absolute atomic E-state index is 11.2. The quantitative estimate of drug-likeness (QED) is 0.790. The summed E-state index contributed by atoms with van der Waals surface area (Å²) in [6.45, 7) is 0. The number of hydrogen-bond donors (Lipinski definition) is 1. The molecule has 3 heterocycles. The summed E-state index contributed by atoms with van der Waals surface area (Å²) in [6.07, 6.45) is 3.28. The zero-order chi connectivity index (χ0) is 12.7. The van der Waals surface area contributed by atoms with Crippen LogP contribution < -0.4 is 0 Å². The first kappa shape index (κ1) is 11.0. The number of carboxylic acids is 1. The second-order valence-electron chi connectivity index (χ2n) is 3.67. The van der Waals surface area contributed by atoms with E-state index in [4.69, 9.17) is 9.52 Å². The minimum atomic E-state index is -1.06. The van der Waals surface area contributed by atoms with Crippen LogP contribution in [0, 0.1) is 0 Å². The van der Waals surface area contributed by atoms with Crippen molar-refractivity contribution < 1.29 is 14.3 Å². The number of carbonyl (C=O) groups is 1. The molecule has 0 atom stereocenters. The van der Waals surface area contributed by atoms with Gasteiger partial charge in [-0.25, -0.2) is 9.78 Å². The minimum absolute atomic E-state index is 0.00824. The Morgan fingerprint density at radius 3 is 2.89 bits per heavy atom. The fraction of sp³-hybridized carbons (Fsp3) is 0. The van der Waals surface area contributed by atoms with E-state index < -0.39 is 5.97 Å². The zero-order valence-corrected chi connectivity index (χ0v) is 10.6. The lowest BCUT2D eigenvalue weighted by Crippen LogP contribution is -1.97. The van der Waals surface area contributed by atoms with E-state index in [1.54, 1.807) is 34.9 Å². The van der Waals surface area contributed by atoms with E-state index in [0.29, 0.717) is 17.1 Å². The van der Waals surface area contributed by atoms with Crippen LogP contribution in [0.25, 0.3) is 17.1 Å². The summed E-state index contributed by atoms with van der Waals surface area (Å²) in [6, 6.07) is 6.94. The molecule has 18 heavy (non-hydrogen) atoms. The molecule has 0 aliphatic heterocycles. The first-order valence-electron chi connectivity index (χ1n) is 5.11. The minimum Gasteiger partial charge on any atom is -0.476 e. The largest absolute Gasteiger partial charge is 0.476 e. The molecule has 0 saturated carbocycles. The van der Waals surface area contributed by atoms with Gasteiger partial charge in [0.15, 0.2) is 17.3 Å². The van der Waals surface area contributed by atoms with Gasteiger partial charge in [-0.2, -0.15) is 0 Å². The molecule has 0 radical (unpaired) electrons. The molecule has 0 saturated heterocycles. The number of fused-ring (bicyclic) bond motifs is 1. The SMILES string of the molecule is O=C(O)c1nc(-c2ccco2)n2cc(Br)ccc12. The fourth-order valence-corrected chi connectivity index (χ4v) is 2.13. The van der Waals surface area contributed by atoms with Gasteiger partial charge >= 0.3 is 5.97 Å². The van der Waals surface area contributed by atoms with Gasteiger partial charge in [-0.3, -0.25) is 4.40 Å². The lowest BCUT2D eigenvalue weighted by atomic mass is 10.3. The van der Waals surface area contributed by atoms with Gasteiger partial charge in [0, 0.05) is 10.7 Å². The third-order valence-corrected chi connectivity index (χ3v) is 3.01. The molecule has 3 aromatic heterocycles. The molecular formula is C12H7BrN2O3. The average molecular weight is 307 g/mol. The molecule has 3 rings (SSSR count). The van der Waals surface area contributed by atoms with E-state index in [1.165, 1.54) is 6.26 Å². The van der Waals surface area contributed by atoms with E-state index in [1.807, 2.05) is 0 Å². The highest BCUT2D eigenvalue weighted by atomic mass is 79.9. The van der Waals surface area contributed by atoms with E-state index in [-0.39, 0.29) is 5.69 Å². The topological polar surface area (TPSA) is 67.7 Å². The molecule has 0 fully saturated rings. The van der Waals surface area contributed by atoms with Gasteiger partial charge in [0.2, 0.25) is 0 Å². The summed E-state index contributed by atoms with van der Waals surface area (Å²) in [5, 5.41) is 9.14. The van der Waals surface area contributed by atoms with E-state index >= 15 is 0 Å². The molecule has 3 aromatic rings. The number of aromatic carboxylic acids is 1. The molecule has 0 bridgehead atoms. The number of halogens is 1. The van der Waals surface area contributed by atoms with Crippen LogP contribution in [0.5, 0.6) is 0 Å². The molecule has 0 unspecified atom stereocenters. The Bertz CT molecular complexity index is 731. The van der Waals surface area contributed by atoms with Gasteiger partial charge in [0.25, 0.3) is 0 Å². The molecule has 0 aliphatic rings. The first-order valence-corrected chi connectivity index (χ1v) is 5.91. The fourth-order valence-electron chi connectivity index (χ4n) is 1.80. The normalized spacial score (nSPS) is 10.9. The van der Waals surface area contributed by atoms with Gasteiger partial charge in [0.05, 0.1) is 11.8 Å². The van der Waals surface area contributed by atoms with Gasteiger partial charge in [-0.1, -0.05) is 0 Å². The number of pyridine rings is 1. The molecule has 0 aromatic carbocycles. The zero-order valence-electron chi connectivity index (χ0n) is 9.00. The van der Waals surface area contributed by atoms with Crippen molar-refractivity contribution in [1.29, 1.82) is 0 Å². The molecule has 0 amide bonds. The lowest BCUT2D eigenvalue weighted by Gasteiger charge is -1.98. The first-order chi connectivity index (χ1) is 8.66. The predicted octanol–water partition coefficient (Wildman–Crippen LogP) is 3.06. The predicted molar refractivity (Wildman–Crippen MR) is 67.6 cm³/mol. The van der Waals surface area contributed by atoms with Crippen LogP contribution in [0.15, 0.2) is 45.6 Å². The summed E-state index contributed by atoms with van der Waals surface area (Å²) in [5.74, 6) is -0.0723. The van der Waals surface area contributed by atoms with Crippen LogP contribution in [-0.4, -0.2) is 20.5 Å². The Hall–Kier alpha value is -2.08. The second-order valence-corrected chi connectivity index (χ2v) is 4.58. The summed E-state index contributed by atoms with van der Waals surface area (Å²) in [5.41, 5.74) is 0.533. The van der Waals surface area contributed by atoms with E-state index in [2.05, 4.69) is 20.9 Å². The van der Waals surface area contributed by atoms with Crippen molar-refractivity contribution in [3.8, 4) is 11.6 Å². The Kier molecular flexibility index (Phi) is 2.45. The smallest absolute Gasteiger partial charge is 0.356 e. The summed E-state index contributed by atoms with van der Waals surface area (Å²) in [4.78, 5) is 15.3. The third-order valence-electron chi connectivity index (χ3n) is 2.55. The highest BCUT2D eigenvalue weighted by Gasteiger charge is 2.18. The summed E-state index contributed by atoms with van der Waals surface area (Å²) < 4.78 is 7.79. The third kappa shape index (κ3) is 1.62. The Morgan fingerprint density at radius 1 is 1.39 bits per heavy atom. The molecule has 5 nitrogen and oxygen atoms in total. The van der Waals surface area contributed by atoms with Crippen LogP contribution in [0.2, 0.25) is 0 Å². The highest BCUT2D eigenvalue weighted by Crippen LogP contribution is 2.25. The standard InChI is InChI=1S/C12H7BrN2O3/c13-7-3-4-8-10(12(16)17)14-11(15(8)6-7)9-2-1-5-18-9/h1-6H,(H,16,17). The number of imidazole rings is 1. The molecule has 90 valence electrons. The van der Waals surface area contributed by atoms with Crippen molar-refractivity contribution in [2.75, 3.05) is 0 Å². The highest BCUT2D eigenvalue weighted by molar-refractivity contribution is 9.10. The number of furan rings is 1. The van der Waals surface area contributed by atoms with Crippen LogP contribution in [0.1, 0.15) is 10.5 Å². The van der Waals surface area contributed by atoms with Gasteiger partial charge in [0.1, 0.15) is 0 Å². The number of aromatic nitrogens is 2. The second kappa shape index (κ2) is 3.99. The number of carboxylic acid groups (broad SMARTS) is 1. The summed E-state index contributed by atoms with van der Waals surface area (Å²) in [7, 11) is 0. The van der Waals surface area contributed by atoms with Crippen LogP contribution in [-0.2, 0) is 0 Å². The van der Waals surface area contributed by atoms with Crippen LogP contribution in [0.4, 0.5) is 0 Å². The maximum atomic E-state index is 11.2. The number of hydrogen-bond acceptors (Lipinski definition) is 3. The maximum Gasteiger partial charge on any atom is 0.356 e. The van der Waals surface area contributed by atoms with E-state index in [0.717, 1.165) is 4.47 Å². The van der Waals surface area contributed by atoms with Gasteiger partial charge < -0.3 is 9.52 Å². The van der Waals surface area contributed by atoms with Crippen molar-refractivity contribution in [3.05, 3.63) is 46.9 Å². The van der Waals surface area contributed by atoms with Crippen molar-refractivity contribution in [2.24, 2.45) is 0 Å². The van der Waals surface area contributed by atoms with Crippen molar-refractivity contribution in [3.63, 3.8) is 0 Å². The molecular weight excluding hydrogens is 300 g/mol. The van der Waals surface area contributed by atoms with Crippen molar-refractivity contribution >= 4 is 27.4 Å². The van der Waals surface area contributed by atoms with Crippen LogP contribution in [0.3, 0.4) is 0 Å². The summed E-state index contributed by atoms with van der Waals surface area (Å²) >= 11 is 3.35. The number of rotatable bonds is 2. The van der Waals surface area contributed by atoms with Gasteiger partial charge in [-0.05, 0) is 40.2 Å². The average Bonchev–Trinajstić information content (AvgIpc) is 2.93. The van der Waals surface area contributed by atoms with Crippen molar-refractivity contribution in [1.82, 2.24) is 9.38 Å². The molecule has 1 N–H and O–H groups in total. The van der Waals surface area contributed by atoms with E-state index in [9.17, 15) is 4.79 Å². The van der Waals surface area contributed by atoms with Crippen molar-refractivity contribution in [2.45, 2.75) is 0 Å². The molecule has 0 aliphatic carbocycles. The lowest BCUT2D eigenvalue weighted by molar-refractivity contribution is 0.0693. The monoisotopic (exact) mass is 306 g/mol. The Morgan fingerprint density at radius 2 is 2.22 bits per heavy atom.